The van der Waals surface area contributed by atoms with E-state index in [1.165, 1.54) is 64.5 Å². The molecule has 36 heavy (non-hydrogen) atoms. The summed E-state index contributed by atoms with van der Waals surface area (Å²) in [5, 5.41) is 3.09. The van der Waals surface area contributed by atoms with Crippen LogP contribution in [0, 0.1) is 11.8 Å². The lowest BCUT2D eigenvalue weighted by molar-refractivity contribution is -0.0485. The monoisotopic (exact) mass is 512 g/mol. The van der Waals surface area contributed by atoms with Gasteiger partial charge in [0.2, 0.25) is 0 Å². The smallest absolute Gasteiger partial charge is 0.294 e. The number of piperidine rings is 2. The first-order valence-corrected chi connectivity index (χ1v) is 16.5. The van der Waals surface area contributed by atoms with Gasteiger partial charge in [-0.05, 0) is 68.9 Å². The van der Waals surface area contributed by atoms with E-state index in [4.69, 9.17) is 0 Å². The molecule has 4 bridgehead atoms. The van der Waals surface area contributed by atoms with Crippen LogP contribution in [0.2, 0.25) is 0 Å². The zero-order valence-corrected chi connectivity index (χ0v) is 22.4. The van der Waals surface area contributed by atoms with Gasteiger partial charge in [0.05, 0.1) is 11.0 Å². The predicted molar refractivity (Wildman–Crippen MR) is 145 cm³/mol. The maximum atomic E-state index is 13.8. The van der Waals surface area contributed by atoms with Gasteiger partial charge in [0, 0.05) is 43.5 Å². The molecule has 6 rings (SSSR count). The topological polar surface area (TPSA) is 87.5 Å². The minimum atomic E-state index is -3.15. The highest BCUT2D eigenvalue weighted by Gasteiger charge is 2.45. The van der Waals surface area contributed by atoms with E-state index in [-0.39, 0.29) is 24.3 Å². The SMILES string of the molecule is CP(=O)(O)CCNc1nc2ccccc2n(C2C[C@H]3CCC[C@@H](C2)N3C2C[C@H]3CCC[C@@H](C2)C3)c1=O. The third-order valence-corrected chi connectivity index (χ3v) is 10.6. The zero-order chi connectivity index (χ0) is 24.9. The Morgan fingerprint density at radius 3 is 2.31 bits per heavy atom. The van der Waals surface area contributed by atoms with Crippen LogP contribution in [0.5, 0.6) is 0 Å². The number of rotatable bonds is 6. The zero-order valence-electron chi connectivity index (χ0n) is 21.5. The average Bonchev–Trinajstić information content (AvgIpc) is 2.82. The number of hydrogen-bond donors (Lipinski definition) is 2. The minimum Gasteiger partial charge on any atom is -0.365 e. The van der Waals surface area contributed by atoms with Crippen LogP contribution in [-0.4, -0.2) is 56.8 Å². The normalized spacial score (nSPS) is 34.3. The summed E-state index contributed by atoms with van der Waals surface area (Å²) < 4.78 is 13.8. The van der Waals surface area contributed by atoms with Crippen LogP contribution in [0.25, 0.3) is 11.0 Å². The van der Waals surface area contributed by atoms with Gasteiger partial charge in [-0.3, -0.25) is 14.3 Å². The van der Waals surface area contributed by atoms with Crippen LogP contribution in [-0.2, 0) is 4.57 Å². The van der Waals surface area contributed by atoms with E-state index in [1.807, 2.05) is 28.8 Å². The van der Waals surface area contributed by atoms with E-state index < -0.39 is 7.37 Å². The fourth-order valence-corrected chi connectivity index (χ4v) is 8.68. The molecule has 3 unspecified atom stereocenters. The summed E-state index contributed by atoms with van der Waals surface area (Å²) in [7, 11) is -3.15. The molecule has 7 nitrogen and oxygen atoms in total. The lowest BCUT2D eigenvalue weighted by Crippen LogP contribution is -2.58. The van der Waals surface area contributed by atoms with E-state index in [0.717, 1.165) is 41.8 Å². The van der Waals surface area contributed by atoms with Gasteiger partial charge in [0.1, 0.15) is 0 Å². The van der Waals surface area contributed by atoms with Crippen molar-refractivity contribution in [1.29, 1.82) is 0 Å². The quantitative estimate of drug-likeness (QED) is 0.515. The van der Waals surface area contributed by atoms with E-state index in [9.17, 15) is 14.3 Å². The van der Waals surface area contributed by atoms with E-state index >= 15 is 0 Å². The third-order valence-electron chi connectivity index (χ3n) is 9.51. The first-order valence-electron chi connectivity index (χ1n) is 14.2. The fraction of sp³-hybridized carbons (Fsp3) is 0.714. The van der Waals surface area contributed by atoms with Crippen molar-refractivity contribution in [2.75, 3.05) is 24.7 Å². The molecule has 3 heterocycles. The van der Waals surface area contributed by atoms with Crippen molar-refractivity contribution in [3.63, 3.8) is 0 Å². The molecule has 1 aromatic heterocycles. The number of para-hydroxylation sites is 2. The largest absolute Gasteiger partial charge is 0.365 e. The van der Waals surface area contributed by atoms with Gasteiger partial charge >= 0.3 is 0 Å². The molecule has 2 N–H and O–H groups in total. The summed E-state index contributed by atoms with van der Waals surface area (Å²) in [5.74, 6) is 2.16. The Morgan fingerprint density at radius 2 is 1.61 bits per heavy atom. The number of aromatic nitrogens is 2. The van der Waals surface area contributed by atoms with Gasteiger partial charge in [0.25, 0.3) is 5.56 Å². The van der Waals surface area contributed by atoms with Crippen molar-refractivity contribution in [3.8, 4) is 0 Å². The lowest BCUT2D eigenvalue weighted by Gasteiger charge is -2.55. The highest BCUT2D eigenvalue weighted by atomic mass is 31.2. The van der Waals surface area contributed by atoms with Gasteiger partial charge in [-0.15, -0.1) is 0 Å². The summed E-state index contributed by atoms with van der Waals surface area (Å²) in [4.78, 5) is 31.0. The van der Waals surface area contributed by atoms with Gasteiger partial charge in [-0.2, -0.15) is 0 Å². The van der Waals surface area contributed by atoms with E-state index in [1.54, 1.807) is 0 Å². The standard InChI is InChI=1S/C28H41N4O3P/c1-36(34,35)13-12-29-27-28(33)32(26-11-3-2-10-25(26)30-27)24-17-21-8-5-9-22(18-24)31(21)23-15-19-6-4-7-20(14-19)16-23/h2-3,10-11,19-24H,4-9,12-18H2,1H3,(H,29,30)(H,34,35)/t19-,20+,21-,22+,23?,24?. The van der Waals surface area contributed by atoms with Crippen molar-refractivity contribution in [2.24, 2.45) is 11.8 Å². The van der Waals surface area contributed by atoms with Gasteiger partial charge in [-0.1, -0.05) is 37.8 Å². The Morgan fingerprint density at radius 1 is 0.944 bits per heavy atom. The number of fused-ring (bicyclic) bond motifs is 5. The molecule has 2 aliphatic carbocycles. The number of anilines is 1. The predicted octanol–water partition coefficient (Wildman–Crippen LogP) is 5.24. The minimum absolute atomic E-state index is 0.0960. The number of nitrogens with zero attached hydrogens (tertiary/aromatic N) is 3. The number of hydrogen-bond acceptors (Lipinski definition) is 5. The third kappa shape index (κ3) is 4.91. The molecule has 1 aromatic carbocycles. The van der Waals surface area contributed by atoms with Crippen molar-refractivity contribution in [3.05, 3.63) is 34.6 Å². The van der Waals surface area contributed by atoms with Crippen molar-refractivity contribution < 1.29 is 9.46 Å². The van der Waals surface area contributed by atoms with Gasteiger partial charge in [-0.25, -0.2) is 4.98 Å². The average molecular weight is 513 g/mol. The molecule has 4 fully saturated rings. The van der Waals surface area contributed by atoms with Crippen molar-refractivity contribution in [2.45, 2.75) is 94.8 Å². The second-order valence-electron chi connectivity index (χ2n) is 12.2. The Hall–Kier alpha value is -1.69. The molecule has 0 radical (unpaired) electrons. The number of benzene rings is 1. The maximum absolute atomic E-state index is 13.8. The number of nitrogens with one attached hydrogen (secondary N) is 1. The first kappa shape index (κ1) is 24.6. The first-order chi connectivity index (χ1) is 17.4. The molecule has 2 aromatic rings. The molecular formula is C28H41N4O3P. The molecule has 0 amide bonds. The molecule has 2 saturated heterocycles. The molecule has 196 valence electrons. The van der Waals surface area contributed by atoms with E-state index in [2.05, 4.69) is 15.2 Å². The van der Waals surface area contributed by atoms with Crippen molar-refractivity contribution in [1.82, 2.24) is 14.5 Å². The fourth-order valence-electron chi connectivity index (χ4n) is 8.15. The van der Waals surface area contributed by atoms with Crippen molar-refractivity contribution >= 4 is 24.2 Å². The summed E-state index contributed by atoms with van der Waals surface area (Å²) in [6.45, 7) is 1.62. The molecule has 8 heteroatoms. The summed E-state index contributed by atoms with van der Waals surface area (Å²) >= 11 is 0. The Balaban J connectivity index is 1.29. The van der Waals surface area contributed by atoms with Crippen LogP contribution < -0.4 is 10.9 Å². The molecule has 4 aliphatic rings. The second-order valence-corrected chi connectivity index (χ2v) is 14.7. The Kier molecular flexibility index (Phi) is 6.76. The van der Waals surface area contributed by atoms with Crippen LogP contribution in [0.3, 0.4) is 0 Å². The second kappa shape index (κ2) is 9.89. The molecule has 7 atom stereocenters. The van der Waals surface area contributed by atoms with Gasteiger partial charge in [0.15, 0.2) is 13.2 Å². The molecular weight excluding hydrogens is 471 g/mol. The highest BCUT2D eigenvalue weighted by Crippen LogP contribution is 2.47. The summed E-state index contributed by atoms with van der Waals surface area (Å²) in [6, 6.07) is 9.94. The Labute approximate surface area is 214 Å². The van der Waals surface area contributed by atoms with Crippen LogP contribution in [0.4, 0.5) is 5.82 Å². The summed E-state index contributed by atoms with van der Waals surface area (Å²) in [6.07, 6.45) is 14.5. The van der Waals surface area contributed by atoms with Crippen LogP contribution >= 0.6 is 7.37 Å². The lowest BCUT2D eigenvalue weighted by atomic mass is 9.68. The summed E-state index contributed by atoms with van der Waals surface area (Å²) in [5.41, 5.74) is 1.61. The highest BCUT2D eigenvalue weighted by molar-refractivity contribution is 7.57. The Bertz CT molecular complexity index is 1180. The maximum Gasteiger partial charge on any atom is 0.294 e. The van der Waals surface area contributed by atoms with Crippen LogP contribution in [0.1, 0.15) is 76.7 Å². The van der Waals surface area contributed by atoms with E-state index in [0.29, 0.717) is 17.9 Å². The van der Waals surface area contributed by atoms with Gasteiger partial charge < -0.3 is 14.8 Å². The molecule has 2 saturated carbocycles. The molecule has 2 aliphatic heterocycles. The van der Waals surface area contributed by atoms with Crippen LogP contribution in [0.15, 0.2) is 29.1 Å². The molecule has 0 spiro atoms.